The van der Waals surface area contributed by atoms with Gasteiger partial charge in [-0.3, -0.25) is 20.4 Å². The number of nitrogens with one attached hydrogen (secondary N) is 2. The molecule has 0 atom stereocenters. The molecule has 2 amide bonds. The van der Waals surface area contributed by atoms with Crippen LogP contribution in [0.25, 0.3) is 0 Å². The zero-order valence-electron chi connectivity index (χ0n) is 16.4. The maximum atomic E-state index is 12.2. The first-order valence-corrected chi connectivity index (χ1v) is 9.59. The van der Waals surface area contributed by atoms with Crippen LogP contribution in [0, 0.1) is 0 Å². The molecular formula is C22H29N3O2. The van der Waals surface area contributed by atoms with Crippen molar-refractivity contribution in [1.82, 2.24) is 10.9 Å². The highest BCUT2D eigenvalue weighted by atomic mass is 16.2. The summed E-state index contributed by atoms with van der Waals surface area (Å²) in [5.74, 6) is -0.524. The molecule has 5 heteroatoms. The quantitative estimate of drug-likeness (QED) is 0.702. The number of carbonyl (C=O) groups is 2. The molecule has 0 bridgehead atoms. The van der Waals surface area contributed by atoms with Crippen LogP contribution in [0.4, 0.5) is 5.69 Å². The third-order valence-corrected chi connectivity index (χ3v) is 4.65. The van der Waals surface area contributed by atoms with Crippen LogP contribution < -0.4 is 15.8 Å². The summed E-state index contributed by atoms with van der Waals surface area (Å²) in [6, 6.07) is 15.6. The van der Waals surface area contributed by atoms with Gasteiger partial charge in [0.25, 0.3) is 5.91 Å². The highest BCUT2D eigenvalue weighted by molar-refractivity contribution is 5.95. The monoisotopic (exact) mass is 367 g/mol. The van der Waals surface area contributed by atoms with Gasteiger partial charge < -0.3 is 4.90 Å². The van der Waals surface area contributed by atoms with Gasteiger partial charge >= 0.3 is 0 Å². The van der Waals surface area contributed by atoms with E-state index in [0.29, 0.717) is 18.4 Å². The van der Waals surface area contributed by atoms with Crippen LogP contribution in [0.5, 0.6) is 0 Å². The Labute approximate surface area is 161 Å². The van der Waals surface area contributed by atoms with Crippen LogP contribution in [0.2, 0.25) is 0 Å². The Morgan fingerprint density at radius 3 is 1.96 bits per heavy atom. The topological polar surface area (TPSA) is 61.4 Å². The molecule has 144 valence electrons. The smallest absolute Gasteiger partial charge is 0.269 e. The average Bonchev–Trinajstić information content (AvgIpc) is 2.72. The molecule has 0 aliphatic heterocycles. The molecule has 0 aliphatic rings. The standard InChI is InChI=1S/C22H29N3O2/c1-4-17-7-9-18(10-8-17)11-16-21(26)23-24-22(27)19-12-14-20(15-13-19)25(5-2)6-3/h7-10,12-15H,4-6,11,16H2,1-3H3,(H,23,26)(H,24,27). The number of hydrazine groups is 1. The van der Waals surface area contributed by atoms with E-state index in [2.05, 4.69) is 48.7 Å². The predicted molar refractivity (Wildman–Crippen MR) is 110 cm³/mol. The van der Waals surface area contributed by atoms with Crippen molar-refractivity contribution in [3.63, 3.8) is 0 Å². The summed E-state index contributed by atoms with van der Waals surface area (Å²) in [5.41, 5.74) is 8.95. The van der Waals surface area contributed by atoms with E-state index in [1.54, 1.807) is 12.1 Å². The zero-order valence-corrected chi connectivity index (χ0v) is 16.4. The van der Waals surface area contributed by atoms with Crippen molar-refractivity contribution in [1.29, 1.82) is 0 Å². The van der Waals surface area contributed by atoms with Crippen LogP contribution in [0.1, 0.15) is 48.7 Å². The van der Waals surface area contributed by atoms with Gasteiger partial charge in [-0.05, 0) is 62.1 Å². The SMILES string of the molecule is CCc1ccc(CCC(=O)NNC(=O)c2ccc(N(CC)CC)cc2)cc1. The number of anilines is 1. The van der Waals surface area contributed by atoms with E-state index in [0.717, 1.165) is 30.8 Å². The van der Waals surface area contributed by atoms with Gasteiger partial charge in [0.05, 0.1) is 0 Å². The van der Waals surface area contributed by atoms with E-state index in [9.17, 15) is 9.59 Å². The highest BCUT2D eigenvalue weighted by Gasteiger charge is 2.09. The maximum absolute atomic E-state index is 12.2. The number of rotatable bonds is 8. The summed E-state index contributed by atoms with van der Waals surface area (Å²) >= 11 is 0. The van der Waals surface area contributed by atoms with Crippen molar-refractivity contribution in [2.45, 2.75) is 40.0 Å². The van der Waals surface area contributed by atoms with E-state index in [-0.39, 0.29) is 11.8 Å². The second-order valence-corrected chi connectivity index (χ2v) is 6.39. The van der Waals surface area contributed by atoms with Crippen molar-refractivity contribution in [3.8, 4) is 0 Å². The number of hydrogen-bond donors (Lipinski definition) is 2. The van der Waals surface area contributed by atoms with Gasteiger partial charge in [0.15, 0.2) is 0 Å². The molecule has 5 nitrogen and oxygen atoms in total. The largest absolute Gasteiger partial charge is 0.372 e. The molecule has 0 spiro atoms. The maximum Gasteiger partial charge on any atom is 0.269 e. The van der Waals surface area contributed by atoms with Gasteiger partial charge in [-0.25, -0.2) is 0 Å². The minimum atomic E-state index is -0.318. The first kappa shape index (κ1) is 20.5. The molecule has 0 saturated heterocycles. The molecule has 2 aromatic carbocycles. The van der Waals surface area contributed by atoms with E-state index in [4.69, 9.17) is 0 Å². The van der Waals surface area contributed by atoms with Crippen molar-refractivity contribution >= 4 is 17.5 Å². The Balaban J connectivity index is 1.79. The number of hydrogen-bond acceptors (Lipinski definition) is 3. The molecular weight excluding hydrogens is 338 g/mol. The van der Waals surface area contributed by atoms with Crippen LogP contribution in [-0.2, 0) is 17.6 Å². The van der Waals surface area contributed by atoms with Crippen molar-refractivity contribution in [2.24, 2.45) is 0 Å². The van der Waals surface area contributed by atoms with Gasteiger partial charge in [-0.1, -0.05) is 31.2 Å². The number of aryl methyl sites for hydroxylation is 2. The first-order valence-electron chi connectivity index (χ1n) is 9.59. The molecule has 0 aliphatic carbocycles. The van der Waals surface area contributed by atoms with Gasteiger partial charge in [0.1, 0.15) is 0 Å². The second-order valence-electron chi connectivity index (χ2n) is 6.39. The molecule has 27 heavy (non-hydrogen) atoms. The van der Waals surface area contributed by atoms with E-state index in [1.807, 2.05) is 24.3 Å². The fourth-order valence-electron chi connectivity index (χ4n) is 2.87. The molecule has 2 aromatic rings. The van der Waals surface area contributed by atoms with Crippen LogP contribution in [0.15, 0.2) is 48.5 Å². The number of carbonyl (C=O) groups excluding carboxylic acids is 2. The lowest BCUT2D eigenvalue weighted by Crippen LogP contribution is -2.41. The Kier molecular flexibility index (Phi) is 7.86. The fraction of sp³-hybridized carbons (Fsp3) is 0.364. The van der Waals surface area contributed by atoms with Gasteiger partial charge in [-0.15, -0.1) is 0 Å². The number of nitrogens with zero attached hydrogens (tertiary/aromatic N) is 1. The number of amides is 2. The van der Waals surface area contributed by atoms with E-state index in [1.165, 1.54) is 5.56 Å². The predicted octanol–water partition coefficient (Wildman–Crippen LogP) is 3.49. The Morgan fingerprint density at radius 1 is 0.815 bits per heavy atom. The summed E-state index contributed by atoms with van der Waals surface area (Å²) in [4.78, 5) is 26.3. The van der Waals surface area contributed by atoms with Crippen LogP contribution in [-0.4, -0.2) is 24.9 Å². The zero-order chi connectivity index (χ0) is 19.6. The third kappa shape index (κ3) is 6.13. The Morgan fingerprint density at radius 2 is 1.41 bits per heavy atom. The lowest BCUT2D eigenvalue weighted by molar-refractivity contribution is -0.121. The summed E-state index contributed by atoms with van der Waals surface area (Å²) < 4.78 is 0. The normalized spacial score (nSPS) is 10.3. The summed E-state index contributed by atoms with van der Waals surface area (Å²) in [6.45, 7) is 8.14. The Hall–Kier alpha value is -2.82. The molecule has 0 radical (unpaired) electrons. The Bertz CT molecular complexity index is 735. The molecule has 0 fully saturated rings. The number of benzene rings is 2. The molecule has 0 heterocycles. The fourth-order valence-corrected chi connectivity index (χ4v) is 2.87. The minimum Gasteiger partial charge on any atom is -0.372 e. The third-order valence-electron chi connectivity index (χ3n) is 4.65. The van der Waals surface area contributed by atoms with Crippen molar-refractivity contribution in [3.05, 3.63) is 65.2 Å². The van der Waals surface area contributed by atoms with Crippen molar-refractivity contribution < 1.29 is 9.59 Å². The average molecular weight is 367 g/mol. The van der Waals surface area contributed by atoms with E-state index >= 15 is 0 Å². The van der Waals surface area contributed by atoms with Crippen LogP contribution >= 0.6 is 0 Å². The van der Waals surface area contributed by atoms with E-state index < -0.39 is 0 Å². The molecule has 0 unspecified atom stereocenters. The van der Waals surface area contributed by atoms with Gasteiger partial charge in [0.2, 0.25) is 5.91 Å². The summed E-state index contributed by atoms with van der Waals surface area (Å²) in [7, 11) is 0. The van der Waals surface area contributed by atoms with Gasteiger partial charge in [0, 0.05) is 30.8 Å². The lowest BCUT2D eigenvalue weighted by atomic mass is 10.1. The molecule has 0 saturated carbocycles. The highest BCUT2D eigenvalue weighted by Crippen LogP contribution is 2.14. The van der Waals surface area contributed by atoms with Crippen molar-refractivity contribution in [2.75, 3.05) is 18.0 Å². The lowest BCUT2D eigenvalue weighted by Gasteiger charge is -2.21. The minimum absolute atomic E-state index is 0.206. The first-order chi connectivity index (χ1) is 13.1. The molecule has 0 aromatic heterocycles. The summed E-state index contributed by atoms with van der Waals surface area (Å²) in [5, 5.41) is 0. The molecule has 2 rings (SSSR count). The van der Waals surface area contributed by atoms with Gasteiger partial charge in [-0.2, -0.15) is 0 Å². The second kappa shape index (κ2) is 10.4. The summed E-state index contributed by atoms with van der Waals surface area (Å²) in [6.07, 6.45) is 1.97. The molecule has 2 N–H and O–H groups in total. The van der Waals surface area contributed by atoms with Crippen LogP contribution in [0.3, 0.4) is 0 Å².